The molecule has 4 aromatic rings. The van der Waals surface area contributed by atoms with E-state index in [4.69, 9.17) is 4.74 Å². The Bertz CT molecular complexity index is 1700. The van der Waals surface area contributed by atoms with Crippen molar-refractivity contribution in [2.45, 2.75) is 17.9 Å². The molecule has 1 unspecified atom stereocenters. The molecule has 0 heterocycles. The maximum atomic E-state index is 14.0. The Hall–Kier alpha value is -4.81. The lowest BCUT2D eigenvalue weighted by Crippen LogP contribution is -2.39. The van der Waals surface area contributed by atoms with Crippen LogP contribution in [0, 0.1) is 30.4 Å². The van der Waals surface area contributed by atoms with E-state index in [1.54, 1.807) is 49.4 Å². The molecular formula is C31H23F2NO5S. The van der Waals surface area contributed by atoms with Gasteiger partial charge in [-0.25, -0.2) is 26.3 Å². The SMILES string of the molecule is Cc1ccc(S(=O)(=O)N(C(=O)c2cccc(F)c2)C(C#CCOC(=O)c2cccc(F)c2)c2ccccc2)cc1. The van der Waals surface area contributed by atoms with E-state index in [9.17, 15) is 26.8 Å². The van der Waals surface area contributed by atoms with Crippen LogP contribution in [-0.2, 0) is 14.8 Å². The Labute approximate surface area is 230 Å². The number of rotatable bonds is 7. The zero-order valence-electron chi connectivity index (χ0n) is 21.3. The lowest BCUT2D eigenvalue weighted by molar-refractivity contribution is 0.0555. The molecule has 40 heavy (non-hydrogen) atoms. The minimum absolute atomic E-state index is 0.0220. The van der Waals surface area contributed by atoms with Crippen molar-refractivity contribution >= 4 is 21.9 Å². The van der Waals surface area contributed by atoms with Crippen molar-refractivity contribution in [3.05, 3.63) is 137 Å². The van der Waals surface area contributed by atoms with Crippen LogP contribution in [0.2, 0.25) is 0 Å². The summed E-state index contributed by atoms with van der Waals surface area (Å²) in [5, 5.41) is 0. The van der Waals surface area contributed by atoms with Crippen LogP contribution in [0.4, 0.5) is 8.78 Å². The van der Waals surface area contributed by atoms with Crippen molar-refractivity contribution in [1.29, 1.82) is 0 Å². The van der Waals surface area contributed by atoms with Crippen molar-refractivity contribution in [2.24, 2.45) is 0 Å². The minimum Gasteiger partial charge on any atom is -0.449 e. The second kappa shape index (κ2) is 12.4. The van der Waals surface area contributed by atoms with Gasteiger partial charge in [-0.15, -0.1) is 0 Å². The molecule has 0 fully saturated rings. The van der Waals surface area contributed by atoms with Gasteiger partial charge in [-0.05, 0) is 61.0 Å². The number of aryl methyl sites for hydroxylation is 1. The summed E-state index contributed by atoms with van der Waals surface area (Å²) in [5.41, 5.74) is 0.940. The molecule has 0 aromatic heterocycles. The molecule has 0 aliphatic heterocycles. The highest BCUT2D eigenvalue weighted by Crippen LogP contribution is 2.30. The number of carbonyl (C=O) groups excluding carboxylic acids is 2. The zero-order valence-corrected chi connectivity index (χ0v) is 22.1. The number of hydrogen-bond acceptors (Lipinski definition) is 5. The van der Waals surface area contributed by atoms with Gasteiger partial charge in [-0.2, -0.15) is 0 Å². The maximum absolute atomic E-state index is 14.0. The molecule has 4 rings (SSSR count). The first-order valence-corrected chi connectivity index (χ1v) is 13.5. The van der Waals surface area contributed by atoms with Gasteiger partial charge in [0.15, 0.2) is 6.61 Å². The monoisotopic (exact) mass is 559 g/mol. The first-order valence-electron chi connectivity index (χ1n) is 12.0. The molecule has 1 atom stereocenters. The molecule has 202 valence electrons. The van der Waals surface area contributed by atoms with Gasteiger partial charge in [0.1, 0.15) is 17.7 Å². The van der Waals surface area contributed by atoms with Gasteiger partial charge < -0.3 is 4.74 Å². The lowest BCUT2D eigenvalue weighted by atomic mass is 10.1. The smallest absolute Gasteiger partial charge is 0.339 e. The summed E-state index contributed by atoms with van der Waals surface area (Å²) in [7, 11) is -4.52. The summed E-state index contributed by atoms with van der Waals surface area (Å²) in [5.74, 6) is 2.19. The third-order valence-corrected chi connectivity index (χ3v) is 7.54. The molecule has 0 aliphatic carbocycles. The van der Waals surface area contributed by atoms with E-state index in [-0.39, 0.29) is 16.0 Å². The predicted octanol–water partition coefficient (Wildman–Crippen LogP) is 5.71. The number of benzene rings is 4. The molecule has 0 spiro atoms. The molecular weight excluding hydrogens is 536 g/mol. The summed E-state index contributed by atoms with van der Waals surface area (Å²) in [6, 6.07) is 22.3. The number of halogens is 2. The van der Waals surface area contributed by atoms with Gasteiger partial charge in [0.25, 0.3) is 15.9 Å². The van der Waals surface area contributed by atoms with Crippen molar-refractivity contribution in [1.82, 2.24) is 4.31 Å². The van der Waals surface area contributed by atoms with Crippen LogP contribution in [-0.4, -0.2) is 31.2 Å². The Morgan fingerprint density at radius 2 is 1.43 bits per heavy atom. The van der Waals surface area contributed by atoms with Crippen LogP contribution in [0.3, 0.4) is 0 Å². The van der Waals surface area contributed by atoms with Gasteiger partial charge in [-0.1, -0.05) is 72.0 Å². The molecule has 0 aliphatic rings. The molecule has 1 amide bonds. The first kappa shape index (κ1) is 28.2. The highest BCUT2D eigenvalue weighted by molar-refractivity contribution is 7.89. The van der Waals surface area contributed by atoms with Crippen molar-refractivity contribution < 1.29 is 31.5 Å². The van der Waals surface area contributed by atoms with E-state index in [0.29, 0.717) is 9.87 Å². The summed E-state index contributed by atoms with van der Waals surface area (Å²) in [6.07, 6.45) is 0. The fourth-order valence-electron chi connectivity index (χ4n) is 3.79. The third kappa shape index (κ3) is 6.60. The minimum atomic E-state index is -4.52. The largest absolute Gasteiger partial charge is 0.449 e. The van der Waals surface area contributed by atoms with Crippen LogP contribution in [0.5, 0.6) is 0 Å². The van der Waals surface area contributed by atoms with Crippen LogP contribution in [0.25, 0.3) is 0 Å². The summed E-state index contributed by atoms with van der Waals surface area (Å²) in [4.78, 5) is 25.9. The van der Waals surface area contributed by atoms with Gasteiger partial charge in [0.2, 0.25) is 0 Å². The molecule has 9 heteroatoms. The van der Waals surface area contributed by atoms with Gasteiger partial charge in [-0.3, -0.25) is 4.79 Å². The molecule has 0 radical (unpaired) electrons. The van der Waals surface area contributed by atoms with Gasteiger partial charge >= 0.3 is 5.97 Å². The molecule has 0 saturated carbocycles. The summed E-state index contributed by atoms with van der Waals surface area (Å²) < 4.78 is 61.1. The standard InChI is InChI=1S/C31H23F2NO5S/c1-22-15-17-28(18-16-22)40(37,38)34(30(35)24-10-5-12-26(32)20-24)29(23-8-3-2-4-9-23)14-7-19-39-31(36)25-11-6-13-27(33)21-25/h2-6,8-13,15-18,20-21,29H,19H2,1H3. The number of amides is 1. The van der Waals surface area contributed by atoms with Crippen molar-refractivity contribution in [3.63, 3.8) is 0 Å². The molecule has 6 nitrogen and oxygen atoms in total. The Kier molecular flexibility index (Phi) is 8.72. The van der Waals surface area contributed by atoms with Crippen molar-refractivity contribution in [3.8, 4) is 11.8 Å². The van der Waals surface area contributed by atoms with E-state index in [0.717, 1.165) is 23.8 Å². The van der Waals surface area contributed by atoms with Crippen molar-refractivity contribution in [2.75, 3.05) is 6.61 Å². The lowest BCUT2D eigenvalue weighted by Gasteiger charge is -2.28. The Morgan fingerprint density at radius 1 is 0.825 bits per heavy atom. The first-order chi connectivity index (χ1) is 19.2. The number of esters is 1. The van der Waals surface area contributed by atoms with Crippen LogP contribution in [0.15, 0.2) is 108 Å². The maximum Gasteiger partial charge on any atom is 0.339 e. The van der Waals surface area contributed by atoms with Crippen LogP contribution >= 0.6 is 0 Å². The number of hydrogen-bond donors (Lipinski definition) is 0. The van der Waals surface area contributed by atoms with Crippen LogP contribution in [0.1, 0.15) is 37.9 Å². The zero-order chi connectivity index (χ0) is 28.7. The quantitative estimate of drug-likeness (QED) is 0.214. The highest BCUT2D eigenvalue weighted by atomic mass is 32.2. The van der Waals surface area contributed by atoms with E-state index >= 15 is 0 Å². The second-order valence-electron chi connectivity index (χ2n) is 8.65. The van der Waals surface area contributed by atoms with E-state index in [1.807, 2.05) is 0 Å². The fourth-order valence-corrected chi connectivity index (χ4v) is 5.27. The fraction of sp³-hybridized carbons (Fsp3) is 0.0968. The molecule has 4 aromatic carbocycles. The summed E-state index contributed by atoms with van der Waals surface area (Å²) >= 11 is 0. The topological polar surface area (TPSA) is 80.8 Å². The van der Waals surface area contributed by atoms with E-state index in [1.165, 1.54) is 42.5 Å². The molecule has 0 bridgehead atoms. The normalized spacial score (nSPS) is 11.6. The third-order valence-electron chi connectivity index (χ3n) is 5.77. The Balaban J connectivity index is 1.76. The van der Waals surface area contributed by atoms with E-state index < -0.39 is 46.2 Å². The van der Waals surface area contributed by atoms with E-state index in [2.05, 4.69) is 11.8 Å². The number of ether oxygens (including phenoxy) is 1. The van der Waals surface area contributed by atoms with Crippen LogP contribution < -0.4 is 0 Å². The predicted molar refractivity (Wildman–Crippen MR) is 145 cm³/mol. The average Bonchev–Trinajstić information content (AvgIpc) is 2.95. The van der Waals surface area contributed by atoms with Gasteiger partial charge in [0, 0.05) is 5.56 Å². The second-order valence-corrected chi connectivity index (χ2v) is 10.5. The molecule has 0 N–H and O–H groups in total. The Morgan fingerprint density at radius 3 is 2.05 bits per heavy atom. The average molecular weight is 560 g/mol. The highest BCUT2D eigenvalue weighted by Gasteiger charge is 2.37. The number of carbonyl (C=O) groups is 2. The molecule has 0 saturated heterocycles. The van der Waals surface area contributed by atoms with Gasteiger partial charge in [0.05, 0.1) is 10.5 Å². The number of sulfonamides is 1. The summed E-state index contributed by atoms with van der Waals surface area (Å²) in [6.45, 7) is 1.32. The number of nitrogens with zero attached hydrogens (tertiary/aromatic N) is 1.